The van der Waals surface area contributed by atoms with Gasteiger partial charge in [0.2, 0.25) is 5.91 Å². The van der Waals surface area contributed by atoms with Crippen LogP contribution in [-0.4, -0.2) is 31.1 Å². The van der Waals surface area contributed by atoms with Gasteiger partial charge in [-0.05, 0) is 43.7 Å². The van der Waals surface area contributed by atoms with Gasteiger partial charge in [-0.2, -0.15) is 0 Å². The van der Waals surface area contributed by atoms with Gasteiger partial charge in [-0.1, -0.05) is 36.4 Å². The molecule has 1 amide bonds. The van der Waals surface area contributed by atoms with Gasteiger partial charge in [0.05, 0.1) is 6.61 Å². The van der Waals surface area contributed by atoms with E-state index in [0.717, 1.165) is 11.1 Å². The predicted octanol–water partition coefficient (Wildman–Crippen LogP) is 3.58. The fourth-order valence-corrected chi connectivity index (χ4v) is 2.61. The molecule has 1 N–H and O–H groups in total. The molecular formula is C23H27NO5. The van der Waals surface area contributed by atoms with E-state index in [1.165, 1.54) is 6.92 Å². The molecule has 0 unspecified atom stereocenters. The minimum Gasteiger partial charge on any atom is -0.486 e. The van der Waals surface area contributed by atoms with E-state index in [1.807, 2.05) is 43.3 Å². The number of ether oxygens (including phenoxy) is 3. The third-order valence-electron chi connectivity index (χ3n) is 3.99. The number of rotatable bonds is 10. The molecule has 0 saturated carbocycles. The minimum atomic E-state index is -0.720. The van der Waals surface area contributed by atoms with Gasteiger partial charge in [-0.15, -0.1) is 0 Å². The predicted molar refractivity (Wildman–Crippen MR) is 111 cm³/mol. The van der Waals surface area contributed by atoms with E-state index in [1.54, 1.807) is 19.1 Å². The molecule has 0 heterocycles. The van der Waals surface area contributed by atoms with E-state index in [2.05, 4.69) is 11.9 Å². The van der Waals surface area contributed by atoms with Gasteiger partial charge in [0, 0.05) is 13.3 Å². The molecule has 1 atom stereocenters. The number of esters is 1. The standard InChI is InChI=1S/C23H27NO5/c1-5-27-23(26)22(24-18(4)25)14-19-8-12-20(13-9-19)28-15-17(3)29-21-10-6-16(2)7-11-21/h6-13,22H,3,5,14-15H2,1-2,4H3,(H,24,25)/t22-/m0/s1. The van der Waals surface area contributed by atoms with Crippen LogP contribution in [0.4, 0.5) is 0 Å². The Morgan fingerprint density at radius 2 is 1.66 bits per heavy atom. The largest absolute Gasteiger partial charge is 0.486 e. The van der Waals surface area contributed by atoms with Crippen LogP contribution in [0.25, 0.3) is 0 Å². The molecule has 0 aliphatic rings. The summed E-state index contributed by atoms with van der Waals surface area (Å²) in [5.74, 6) is 1.12. The molecule has 0 spiro atoms. The second-order valence-corrected chi connectivity index (χ2v) is 6.60. The summed E-state index contributed by atoms with van der Waals surface area (Å²) in [5, 5.41) is 2.62. The third-order valence-corrected chi connectivity index (χ3v) is 3.99. The van der Waals surface area contributed by atoms with Crippen molar-refractivity contribution in [3.8, 4) is 11.5 Å². The van der Waals surface area contributed by atoms with Crippen LogP contribution in [-0.2, 0) is 20.7 Å². The Bertz CT molecular complexity index is 827. The molecule has 29 heavy (non-hydrogen) atoms. The van der Waals surface area contributed by atoms with Crippen molar-refractivity contribution in [1.82, 2.24) is 5.32 Å². The zero-order valence-corrected chi connectivity index (χ0v) is 17.1. The topological polar surface area (TPSA) is 73.9 Å². The molecule has 0 aliphatic carbocycles. The SMILES string of the molecule is C=C(COc1ccc(C[C@H](NC(C)=O)C(=O)OCC)cc1)Oc1ccc(C)cc1. The van der Waals surface area contributed by atoms with Crippen LogP contribution in [0.1, 0.15) is 25.0 Å². The Labute approximate surface area is 171 Å². The maximum absolute atomic E-state index is 12.0. The van der Waals surface area contributed by atoms with Crippen molar-refractivity contribution in [1.29, 1.82) is 0 Å². The zero-order chi connectivity index (χ0) is 21.2. The number of hydrogen-bond acceptors (Lipinski definition) is 5. The number of carbonyl (C=O) groups excluding carboxylic acids is 2. The first kappa shape index (κ1) is 22.0. The molecule has 2 aromatic carbocycles. The Balaban J connectivity index is 1.88. The van der Waals surface area contributed by atoms with Gasteiger partial charge in [0.15, 0.2) is 0 Å². The van der Waals surface area contributed by atoms with Gasteiger partial charge < -0.3 is 19.5 Å². The van der Waals surface area contributed by atoms with Crippen molar-refractivity contribution in [3.63, 3.8) is 0 Å². The average Bonchev–Trinajstić information content (AvgIpc) is 2.68. The van der Waals surface area contributed by atoms with E-state index < -0.39 is 12.0 Å². The molecule has 0 fully saturated rings. The van der Waals surface area contributed by atoms with E-state index in [4.69, 9.17) is 14.2 Å². The van der Waals surface area contributed by atoms with Gasteiger partial charge in [-0.3, -0.25) is 4.79 Å². The summed E-state index contributed by atoms with van der Waals surface area (Å²) in [6.45, 7) is 9.45. The molecule has 2 aromatic rings. The molecule has 154 valence electrons. The Morgan fingerprint density at radius 3 is 2.24 bits per heavy atom. The van der Waals surface area contributed by atoms with Crippen LogP contribution in [0.5, 0.6) is 11.5 Å². The zero-order valence-electron chi connectivity index (χ0n) is 17.1. The summed E-state index contributed by atoms with van der Waals surface area (Å²) in [6, 6.07) is 14.2. The molecule has 0 aliphatic heterocycles. The van der Waals surface area contributed by atoms with Crippen LogP contribution < -0.4 is 14.8 Å². The summed E-state index contributed by atoms with van der Waals surface area (Å²) in [5.41, 5.74) is 2.03. The lowest BCUT2D eigenvalue weighted by atomic mass is 10.1. The van der Waals surface area contributed by atoms with Crippen molar-refractivity contribution in [2.75, 3.05) is 13.2 Å². The summed E-state index contributed by atoms with van der Waals surface area (Å²) in [7, 11) is 0. The monoisotopic (exact) mass is 397 g/mol. The quantitative estimate of drug-likeness (QED) is 0.490. The maximum Gasteiger partial charge on any atom is 0.328 e. The number of benzene rings is 2. The van der Waals surface area contributed by atoms with Crippen molar-refractivity contribution in [2.45, 2.75) is 33.2 Å². The first-order chi connectivity index (χ1) is 13.9. The maximum atomic E-state index is 12.0. The average molecular weight is 397 g/mol. The number of nitrogens with one attached hydrogen (secondary N) is 1. The lowest BCUT2D eigenvalue weighted by molar-refractivity contribution is -0.147. The highest BCUT2D eigenvalue weighted by Gasteiger charge is 2.21. The molecular weight excluding hydrogens is 370 g/mol. The fourth-order valence-electron chi connectivity index (χ4n) is 2.61. The first-order valence-corrected chi connectivity index (χ1v) is 9.45. The summed E-state index contributed by atoms with van der Waals surface area (Å²) in [4.78, 5) is 23.4. The number of amides is 1. The minimum absolute atomic E-state index is 0.213. The smallest absolute Gasteiger partial charge is 0.328 e. The van der Waals surface area contributed by atoms with Crippen LogP contribution >= 0.6 is 0 Å². The van der Waals surface area contributed by atoms with Gasteiger partial charge in [-0.25, -0.2) is 4.79 Å². The Kier molecular flexibility index (Phi) is 8.27. The summed E-state index contributed by atoms with van der Waals surface area (Å²) >= 11 is 0. The first-order valence-electron chi connectivity index (χ1n) is 9.45. The van der Waals surface area contributed by atoms with Gasteiger partial charge in [0.1, 0.15) is 29.9 Å². The van der Waals surface area contributed by atoms with E-state index in [-0.39, 0.29) is 19.1 Å². The van der Waals surface area contributed by atoms with Gasteiger partial charge >= 0.3 is 5.97 Å². The Hall–Kier alpha value is -3.28. The van der Waals surface area contributed by atoms with Crippen LogP contribution in [0.2, 0.25) is 0 Å². The highest BCUT2D eigenvalue weighted by atomic mass is 16.5. The van der Waals surface area contributed by atoms with Crippen LogP contribution in [0.3, 0.4) is 0 Å². The van der Waals surface area contributed by atoms with Crippen molar-refractivity contribution in [3.05, 3.63) is 72.0 Å². The third kappa shape index (κ3) is 7.70. The molecule has 6 heteroatoms. The summed E-state index contributed by atoms with van der Waals surface area (Å²) < 4.78 is 16.4. The fraction of sp³-hybridized carbons (Fsp3) is 0.304. The molecule has 0 radical (unpaired) electrons. The highest BCUT2D eigenvalue weighted by Crippen LogP contribution is 2.17. The Morgan fingerprint density at radius 1 is 1.03 bits per heavy atom. The molecule has 0 saturated heterocycles. The second-order valence-electron chi connectivity index (χ2n) is 6.60. The van der Waals surface area contributed by atoms with E-state index in [9.17, 15) is 9.59 Å². The van der Waals surface area contributed by atoms with Crippen molar-refractivity contribution in [2.24, 2.45) is 0 Å². The lowest BCUT2D eigenvalue weighted by Gasteiger charge is -2.16. The van der Waals surface area contributed by atoms with Gasteiger partial charge in [0.25, 0.3) is 0 Å². The summed E-state index contributed by atoms with van der Waals surface area (Å²) in [6.07, 6.45) is 0.335. The van der Waals surface area contributed by atoms with E-state index >= 15 is 0 Å². The molecule has 2 rings (SSSR count). The highest BCUT2D eigenvalue weighted by molar-refractivity contribution is 5.83. The second kappa shape index (κ2) is 10.9. The number of carbonyl (C=O) groups is 2. The van der Waals surface area contributed by atoms with Crippen LogP contribution in [0, 0.1) is 6.92 Å². The lowest BCUT2D eigenvalue weighted by Crippen LogP contribution is -2.42. The normalized spacial score (nSPS) is 11.3. The van der Waals surface area contributed by atoms with Crippen molar-refractivity contribution < 1.29 is 23.8 Å². The van der Waals surface area contributed by atoms with E-state index in [0.29, 0.717) is 23.7 Å². The number of aryl methyl sites for hydroxylation is 1. The molecule has 0 aromatic heterocycles. The van der Waals surface area contributed by atoms with Crippen molar-refractivity contribution >= 4 is 11.9 Å². The molecule has 0 bridgehead atoms. The number of hydrogen-bond donors (Lipinski definition) is 1. The molecule has 6 nitrogen and oxygen atoms in total. The van der Waals surface area contributed by atoms with Crippen LogP contribution in [0.15, 0.2) is 60.9 Å².